The lowest BCUT2D eigenvalue weighted by atomic mass is 9.88. The Labute approximate surface area is 100 Å². The van der Waals surface area contributed by atoms with Crippen LogP contribution in [0.1, 0.15) is 38.5 Å². The third-order valence-corrected chi connectivity index (χ3v) is 3.50. The molecule has 1 aliphatic rings. The molecule has 0 aromatic heterocycles. The van der Waals surface area contributed by atoms with Crippen LogP contribution in [0.15, 0.2) is 0 Å². The lowest BCUT2D eigenvalue weighted by Gasteiger charge is -2.29. The van der Waals surface area contributed by atoms with Crippen LogP contribution in [0.2, 0.25) is 0 Å². The average Bonchev–Trinajstić information content (AvgIpc) is 2.28. The van der Waals surface area contributed by atoms with Gasteiger partial charge in [0.1, 0.15) is 0 Å². The Balaban J connectivity index is 2.23. The van der Waals surface area contributed by atoms with E-state index in [-0.39, 0.29) is 0 Å². The molecule has 1 aliphatic carbocycles. The second-order valence-corrected chi connectivity index (χ2v) is 5.30. The molecule has 0 aliphatic heterocycles. The Kier molecular flexibility index (Phi) is 5.81. The van der Waals surface area contributed by atoms with Crippen molar-refractivity contribution in [3.63, 3.8) is 0 Å². The van der Waals surface area contributed by atoms with Gasteiger partial charge in [-0.05, 0) is 39.9 Å². The van der Waals surface area contributed by atoms with E-state index in [1.807, 2.05) is 0 Å². The molecule has 1 N–H and O–H groups in total. The van der Waals surface area contributed by atoms with Gasteiger partial charge in [0, 0.05) is 19.5 Å². The smallest absolute Gasteiger partial charge is 0.0986 e. The molecule has 0 unspecified atom stereocenters. The molecule has 16 heavy (non-hydrogen) atoms. The first-order chi connectivity index (χ1) is 7.61. The first kappa shape index (κ1) is 13.5. The van der Waals surface area contributed by atoms with Gasteiger partial charge in [-0.1, -0.05) is 19.3 Å². The molecule has 94 valence electrons. The van der Waals surface area contributed by atoms with Crippen LogP contribution in [0.3, 0.4) is 0 Å². The summed E-state index contributed by atoms with van der Waals surface area (Å²) < 4.78 is 0. The normalized spacial score (nSPS) is 17.8. The molecule has 0 aromatic carbocycles. The Morgan fingerprint density at radius 2 is 1.69 bits per heavy atom. The van der Waals surface area contributed by atoms with E-state index in [2.05, 4.69) is 30.9 Å². The van der Waals surface area contributed by atoms with E-state index in [1.165, 1.54) is 32.1 Å². The lowest BCUT2D eigenvalue weighted by Crippen LogP contribution is -2.35. The van der Waals surface area contributed by atoms with Crippen molar-refractivity contribution in [2.75, 3.05) is 34.2 Å². The Morgan fingerprint density at radius 1 is 1.06 bits per heavy atom. The minimum Gasteiger partial charge on any atom is -0.363 e. The molecule has 0 radical (unpaired) electrons. The maximum absolute atomic E-state index is 8.19. The summed E-state index contributed by atoms with van der Waals surface area (Å²) in [5, 5.41) is 8.19. The molecular weight excluding hydrogens is 198 g/mol. The van der Waals surface area contributed by atoms with Crippen LogP contribution < -0.4 is 0 Å². The van der Waals surface area contributed by atoms with Gasteiger partial charge in [-0.2, -0.15) is 0 Å². The molecule has 0 aromatic rings. The fourth-order valence-electron chi connectivity index (χ4n) is 2.43. The zero-order valence-corrected chi connectivity index (χ0v) is 11.1. The van der Waals surface area contributed by atoms with E-state index in [9.17, 15) is 0 Å². The van der Waals surface area contributed by atoms with E-state index in [0.717, 1.165) is 25.3 Å². The van der Waals surface area contributed by atoms with Crippen LogP contribution in [-0.4, -0.2) is 49.9 Å². The maximum atomic E-state index is 8.19. The van der Waals surface area contributed by atoms with Gasteiger partial charge in [-0.3, -0.25) is 5.41 Å². The molecule has 0 spiro atoms. The quantitative estimate of drug-likeness (QED) is 0.575. The Bertz CT molecular complexity index is 207. The van der Waals surface area contributed by atoms with Gasteiger partial charge >= 0.3 is 0 Å². The van der Waals surface area contributed by atoms with E-state index in [0.29, 0.717) is 5.92 Å². The van der Waals surface area contributed by atoms with Gasteiger partial charge < -0.3 is 9.80 Å². The van der Waals surface area contributed by atoms with Crippen molar-refractivity contribution in [3.05, 3.63) is 0 Å². The predicted octanol–water partition coefficient (Wildman–Crippen LogP) is 2.43. The predicted molar refractivity (Wildman–Crippen MR) is 70.1 cm³/mol. The van der Waals surface area contributed by atoms with E-state index in [4.69, 9.17) is 5.41 Å². The molecule has 3 nitrogen and oxygen atoms in total. The van der Waals surface area contributed by atoms with Crippen molar-refractivity contribution in [1.29, 1.82) is 5.41 Å². The van der Waals surface area contributed by atoms with Gasteiger partial charge in [0.05, 0.1) is 5.84 Å². The summed E-state index contributed by atoms with van der Waals surface area (Å²) in [5.41, 5.74) is 0. The summed E-state index contributed by atoms with van der Waals surface area (Å²) in [4.78, 5) is 4.36. The third-order valence-electron chi connectivity index (χ3n) is 3.50. The minimum atomic E-state index is 0.540. The van der Waals surface area contributed by atoms with Crippen LogP contribution in [0.4, 0.5) is 0 Å². The van der Waals surface area contributed by atoms with Gasteiger partial charge in [0.25, 0.3) is 0 Å². The number of nitrogens with zero attached hydrogens (tertiary/aromatic N) is 2. The summed E-state index contributed by atoms with van der Waals surface area (Å²) in [6.07, 6.45) is 7.62. The van der Waals surface area contributed by atoms with Crippen LogP contribution in [-0.2, 0) is 0 Å². The number of hydrogen-bond donors (Lipinski definition) is 1. The van der Waals surface area contributed by atoms with Gasteiger partial charge in [0.2, 0.25) is 0 Å². The summed E-state index contributed by atoms with van der Waals surface area (Å²) >= 11 is 0. The van der Waals surface area contributed by atoms with Gasteiger partial charge in [0.15, 0.2) is 0 Å². The molecular formula is C13H27N3. The van der Waals surface area contributed by atoms with Crippen molar-refractivity contribution >= 4 is 5.84 Å². The molecule has 3 heteroatoms. The fraction of sp³-hybridized carbons (Fsp3) is 0.923. The summed E-state index contributed by atoms with van der Waals surface area (Å²) in [5.74, 6) is 1.41. The summed E-state index contributed by atoms with van der Waals surface area (Å²) in [6.45, 7) is 2.13. The zero-order valence-electron chi connectivity index (χ0n) is 11.1. The summed E-state index contributed by atoms with van der Waals surface area (Å²) in [7, 11) is 6.28. The van der Waals surface area contributed by atoms with Crippen molar-refractivity contribution in [2.45, 2.75) is 38.5 Å². The van der Waals surface area contributed by atoms with Crippen molar-refractivity contribution in [3.8, 4) is 0 Å². The SMILES string of the molecule is CN(C)CCCN(C)C(=N)C1CCCCC1. The molecule has 0 bridgehead atoms. The Hall–Kier alpha value is -0.570. The van der Waals surface area contributed by atoms with Gasteiger partial charge in [-0.15, -0.1) is 0 Å². The van der Waals surface area contributed by atoms with Crippen molar-refractivity contribution in [2.24, 2.45) is 5.92 Å². The monoisotopic (exact) mass is 225 g/mol. The second kappa shape index (κ2) is 6.89. The van der Waals surface area contributed by atoms with Crippen molar-refractivity contribution < 1.29 is 0 Å². The number of hydrogen-bond acceptors (Lipinski definition) is 2. The maximum Gasteiger partial charge on any atom is 0.0986 e. The molecule has 0 saturated heterocycles. The van der Waals surface area contributed by atoms with Crippen LogP contribution in [0.5, 0.6) is 0 Å². The van der Waals surface area contributed by atoms with Crippen LogP contribution in [0.25, 0.3) is 0 Å². The van der Waals surface area contributed by atoms with E-state index >= 15 is 0 Å². The van der Waals surface area contributed by atoms with Gasteiger partial charge in [-0.25, -0.2) is 0 Å². The molecule has 1 saturated carbocycles. The largest absolute Gasteiger partial charge is 0.363 e. The van der Waals surface area contributed by atoms with Crippen molar-refractivity contribution in [1.82, 2.24) is 9.80 Å². The third kappa shape index (κ3) is 4.52. The van der Waals surface area contributed by atoms with Crippen LogP contribution in [0, 0.1) is 11.3 Å². The number of nitrogens with one attached hydrogen (secondary N) is 1. The van der Waals surface area contributed by atoms with E-state index in [1.54, 1.807) is 0 Å². The number of rotatable bonds is 5. The highest BCUT2D eigenvalue weighted by Gasteiger charge is 2.20. The molecule has 0 amide bonds. The van der Waals surface area contributed by atoms with Crippen LogP contribution >= 0.6 is 0 Å². The number of amidine groups is 1. The second-order valence-electron chi connectivity index (χ2n) is 5.30. The van der Waals surface area contributed by atoms with E-state index < -0.39 is 0 Å². The fourth-order valence-corrected chi connectivity index (χ4v) is 2.43. The Morgan fingerprint density at radius 3 is 2.25 bits per heavy atom. The molecule has 0 heterocycles. The molecule has 0 atom stereocenters. The highest BCUT2D eigenvalue weighted by Crippen LogP contribution is 2.25. The first-order valence-electron chi connectivity index (χ1n) is 6.55. The lowest BCUT2D eigenvalue weighted by molar-refractivity contribution is 0.348. The minimum absolute atomic E-state index is 0.540. The average molecular weight is 225 g/mol. The summed E-state index contributed by atoms with van der Waals surface area (Å²) in [6, 6.07) is 0. The topological polar surface area (TPSA) is 30.3 Å². The molecule has 1 fully saturated rings. The first-order valence-corrected chi connectivity index (χ1v) is 6.55. The molecule has 1 rings (SSSR count). The highest BCUT2D eigenvalue weighted by molar-refractivity contribution is 5.81. The highest BCUT2D eigenvalue weighted by atomic mass is 15.1. The standard InChI is InChI=1S/C13H27N3/c1-15(2)10-7-11-16(3)13(14)12-8-5-4-6-9-12/h12,14H,4-11H2,1-3H3. The zero-order chi connectivity index (χ0) is 12.0.